The van der Waals surface area contributed by atoms with E-state index in [9.17, 15) is 14.4 Å². The number of piperidine rings is 1. The number of esters is 1. The lowest BCUT2D eigenvalue weighted by atomic mass is 9.84. The van der Waals surface area contributed by atoms with Crippen LogP contribution < -0.4 is 10.1 Å². The summed E-state index contributed by atoms with van der Waals surface area (Å²) in [6.07, 6.45) is 4.17. The van der Waals surface area contributed by atoms with Gasteiger partial charge in [-0.3, -0.25) is 14.4 Å². The molecular weight excluding hydrogens is 396 g/mol. The van der Waals surface area contributed by atoms with Crippen LogP contribution in [0.15, 0.2) is 24.3 Å². The van der Waals surface area contributed by atoms with Gasteiger partial charge in [-0.2, -0.15) is 0 Å². The molecule has 7 heteroatoms. The van der Waals surface area contributed by atoms with E-state index in [4.69, 9.17) is 9.47 Å². The second kappa shape index (κ2) is 12.3. The summed E-state index contributed by atoms with van der Waals surface area (Å²) in [6.45, 7) is 6.36. The average Bonchev–Trinajstić information content (AvgIpc) is 2.80. The Morgan fingerprint density at radius 1 is 1.16 bits per heavy atom. The normalized spacial score (nSPS) is 18.7. The number of hydrogen-bond acceptors (Lipinski definition) is 5. The molecule has 1 aromatic carbocycles. The number of likely N-dealkylation sites (tertiary alicyclic amines) is 1. The van der Waals surface area contributed by atoms with Gasteiger partial charge in [-0.15, -0.1) is 0 Å². The molecule has 2 atom stereocenters. The molecule has 0 aromatic heterocycles. The van der Waals surface area contributed by atoms with Gasteiger partial charge in [0, 0.05) is 19.0 Å². The number of carbonyl (C=O) groups is 3. The lowest BCUT2D eigenvalue weighted by Gasteiger charge is -2.40. The quantitative estimate of drug-likeness (QED) is 0.540. The maximum atomic E-state index is 13.0. The van der Waals surface area contributed by atoms with Crippen LogP contribution in [0.2, 0.25) is 0 Å². The van der Waals surface area contributed by atoms with Gasteiger partial charge in [0.15, 0.2) is 6.61 Å². The molecule has 1 aromatic rings. The highest BCUT2D eigenvalue weighted by molar-refractivity contribution is 5.84. The van der Waals surface area contributed by atoms with Crippen molar-refractivity contribution in [2.45, 2.75) is 71.4 Å². The van der Waals surface area contributed by atoms with Gasteiger partial charge in [0.2, 0.25) is 5.91 Å². The molecule has 0 spiro atoms. The summed E-state index contributed by atoms with van der Waals surface area (Å²) < 4.78 is 10.6. The van der Waals surface area contributed by atoms with Crippen LogP contribution >= 0.6 is 0 Å². The lowest BCUT2D eigenvalue weighted by molar-refractivity contribution is -0.160. The molecule has 2 amide bonds. The van der Waals surface area contributed by atoms with Crippen molar-refractivity contribution in [1.29, 1.82) is 0 Å². The highest BCUT2D eigenvalue weighted by Gasteiger charge is 2.41. The van der Waals surface area contributed by atoms with Crippen LogP contribution in [0.4, 0.5) is 0 Å². The number of methoxy groups -OCH3 is 1. The van der Waals surface area contributed by atoms with Gasteiger partial charge in [0.1, 0.15) is 5.75 Å². The maximum absolute atomic E-state index is 13.0. The van der Waals surface area contributed by atoms with Crippen molar-refractivity contribution in [3.63, 3.8) is 0 Å². The summed E-state index contributed by atoms with van der Waals surface area (Å²) in [7, 11) is 1.60. The number of amides is 2. The molecule has 172 valence electrons. The number of rotatable bonds is 11. The standard InChI is InChI=1S/C24H36N2O5/c1-5-8-15-26-22(28)14-13-20(23(26)17-9-11-19(30-4)12-10-17)24(29)31-16-21(27)25-18(6-2)7-3/h9-12,18,20,23H,5-8,13-16H2,1-4H3,(H,25,27)/t20-,23+/m0/s1. The molecule has 0 radical (unpaired) electrons. The molecule has 2 rings (SSSR count). The summed E-state index contributed by atoms with van der Waals surface area (Å²) in [5.41, 5.74) is 0.869. The van der Waals surface area contributed by atoms with Gasteiger partial charge < -0.3 is 19.7 Å². The van der Waals surface area contributed by atoms with Crippen LogP contribution in [0.5, 0.6) is 5.75 Å². The molecule has 7 nitrogen and oxygen atoms in total. The van der Waals surface area contributed by atoms with E-state index in [1.165, 1.54) is 0 Å². The Balaban J connectivity index is 2.18. The predicted octanol–water partition coefficient (Wildman–Crippen LogP) is 3.62. The Labute approximate surface area is 185 Å². The van der Waals surface area contributed by atoms with Crippen LogP contribution in [0.3, 0.4) is 0 Å². The summed E-state index contributed by atoms with van der Waals surface area (Å²) in [6, 6.07) is 7.11. The van der Waals surface area contributed by atoms with Crippen LogP contribution in [-0.4, -0.2) is 49.0 Å². The van der Waals surface area contributed by atoms with Crippen LogP contribution in [-0.2, 0) is 19.1 Å². The summed E-state index contributed by atoms with van der Waals surface area (Å²) in [5.74, 6) is -0.482. The minimum absolute atomic E-state index is 0.0461. The van der Waals surface area contributed by atoms with Gasteiger partial charge in [-0.1, -0.05) is 39.3 Å². The minimum atomic E-state index is -0.510. The van der Waals surface area contributed by atoms with Crippen molar-refractivity contribution in [2.75, 3.05) is 20.3 Å². The molecule has 0 saturated carbocycles. The molecule has 1 aliphatic heterocycles. The van der Waals surface area contributed by atoms with E-state index >= 15 is 0 Å². The number of hydrogen-bond donors (Lipinski definition) is 1. The van der Waals surface area contributed by atoms with E-state index in [-0.39, 0.29) is 24.5 Å². The van der Waals surface area contributed by atoms with Crippen molar-refractivity contribution in [1.82, 2.24) is 10.2 Å². The zero-order chi connectivity index (χ0) is 22.8. The maximum Gasteiger partial charge on any atom is 0.311 e. The summed E-state index contributed by atoms with van der Waals surface area (Å²) in [5, 5.41) is 2.88. The molecule has 1 fully saturated rings. The zero-order valence-corrected chi connectivity index (χ0v) is 19.2. The fourth-order valence-corrected chi connectivity index (χ4v) is 4.01. The first-order valence-electron chi connectivity index (χ1n) is 11.3. The highest BCUT2D eigenvalue weighted by Crippen LogP contribution is 2.38. The summed E-state index contributed by atoms with van der Waals surface area (Å²) >= 11 is 0. The first-order valence-corrected chi connectivity index (χ1v) is 11.3. The first kappa shape index (κ1) is 24.7. The number of nitrogens with one attached hydrogen (secondary N) is 1. The Kier molecular flexibility index (Phi) is 9.82. The smallest absolute Gasteiger partial charge is 0.311 e. The third-order valence-electron chi connectivity index (χ3n) is 5.92. The van der Waals surface area contributed by atoms with Gasteiger partial charge in [0.25, 0.3) is 5.91 Å². The largest absolute Gasteiger partial charge is 0.497 e. The molecule has 1 heterocycles. The fourth-order valence-electron chi connectivity index (χ4n) is 4.01. The Hall–Kier alpha value is -2.57. The van der Waals surface area contributed by atoms with Gasteiger partial charge in [-0.25, -0.2) is 0 Å². The number of benzene rings is 1. The van der Waals surface area contributed by atoms with Crippen molar-refractivity contribution in [2.24, 2.45) is 5.92 Å². The Morgan fingerprint density at radius 2 is 1.84 bits per heavy atom. The van der Waals surface area contributed by atoms with Crippen molar-refractivity contribution in [3.05, 3.63) is 29.8 Å². The third kappa shape index (κ3) is 6.71. The van der Waals surface area contributed by atoms with E-state index < -0.39 is 17.9 Å². The molecule has 0 unspecified atom stereocenters. The van der Waals surface area contributed by atoms with Gasteiger partial charge in [0.05, 0.1) is 19.1 Å². The topological polar surface area (TPSA) is 84.9 Å². The molecule has 1 saturated heterocycles. The van der Waals surface area contributed by atoms with Crippen molar-refractivity contribution < 1.29 is 23.9 Å². The van der Waals surface area contributed by atoms with E-state index in [2.05, 4.69) is 12.2 Å². The second-order valence-corrected chi connectivity index (χ2v) is 7.99. The number of unbranched alkanes of at least 4 members (excludes halogenated alkanes) is 1. The molecule has 0 bridgehead atoms. The minimum Gasteiger partial charge on any atom is -0.497 e. The van der Waals surface area contributed by atoms with Crippen molar-refractivity contribution >= 4 is 17.8 Å². The van der Waals surface area contributed by atoms with Crippen molar-refractivity contribution in [3.8, 4) is 5.75 Å². The van der Waals surface area contributed by atoms with Crippen LogP contribution in [0, 0.1) is 5.92 Å². The second-order valence-electron chi connectivity index (χ2n) is 7.99. The average molecular weight is 433 g/mol. The Bertz CT molecular complexity index is 730. The molecular formula is C24H36N2O5. The Morgan fingerprint density at radius 3 is 2.42 bits per heavy atom. The number of carbonyl (C=O) groups excluding carboxylic acids is 3. The van der Waals surface area contributed by atoms with E-state index in [0.717, 1.165) is 31.2 Å². The highest BCUT2D eigenvalue weighted by atomic mass is 16.5. The molecule has 1 N–H and O–H groups in total. The lowest BCUT2D eigenvalue weighted by Crippen LogP contribution is -2.46. The summed E-state index contributed by atoms with van der Waals surface area (Å²) in [4.78, 5) is 39.7. The first-order chi connectivity index (χ1) is 14.9. The third-order valence-corrected chi connectivity index (χ3v) is 5.92. The predicted molar refractivity (Wildman–Crippen MR) is 119 cm³/mol. The monoisotopic (exact) mass is 432 g/mol. The molecule has 0 aliphatic carbocycles. The SMILES string of the molecule is CCCCN1C(=O)CC[C@H](C(=O)OCC(=O)NC(CC)CC)[C@H]1c1ccc(OC)cc1. The van der Waals surface area contributed by atoms with Gasteiger partial charge >= 0.3 is 5.97 Å². The number of nitrogens with zero attached hydrogens (tertiary/aromatic N) is 1. The molecule has 1 aliphatic rings. The zero-order valence-electron chi connectivity index (χ0n) is 19.2. The van der Waals surface area contributed by atoms with E-state index in [0.29, 0.717) is 25.1 Å². The molecule has 31 heavy (non-hydrogen) atoms. The van der Waals surface area contributed by atoms with Gasteiger partial charge in [-0.05, 0) is 43.4 Å². The number of ether oxygens (including phenoxy) is 2. The van der Waals surface area contributed by atoms with Crippen LogP contribution in [0.1, 0.15) is 70.9 Å². The van der Waals surface area contributed by atoms with Crippen LogP contribution in [0.25, 0.3) is 0 Å². The van der Waals surface area contributed by atoms with E-state index in [1.54, 1.807) is 12.0 Å². The fraction of sp³-hybridized carbons (Fsp3) is 0.625. The van der Waals surface area contributed by atoms with E-state index in [1.807, 2.05) is 38.1 Å².